The van der Waals surface area contributed by atoms with Gasteiger partial charge in [-0.3, -0.25) is 0 Å². The van der Waals surface area contributed by atoms with Crippen LogP contribution in [0.4, 0.5) is 4.39 Å². The molecule has 1 aliphatic heterocycles. The summed E-state index contributed by atoms with van der Waals surface area (Å²) in [6.07, 6.45) is 2.79. The van der Waals surface area contributed by atoms with Crippen LogP contribution in [-0.4, -0.2) is 28.1 Å². The summed E-state index contributed by atoms with van der Waals surface area (Å²) < 4.78 is 39.3. The highest BCUT2D eigenvalue weighted by atomic mass is 35.5. The van der Waals surface area contributed by atoms with Gasteiger partial charge in [0, 0.05) is 13.1 Å². The Hall–Kier alpha value is -0.950. The SMILES string of the molecule is Cl.O=S(=O)(NCC1=CCNCC1)c1cccc(F)c1. The first kappa shape index (κ1) is 16.1. The summed E-state index contributed by atoms with van der Waals surface area (Å²) in [6.45, 7) is 1.89. The van der Waals surface area contributed by atoms with Crippen molar-refractivity contribution in [2.45, 2.75) is 11.3 Å². The second-order valence-electron chi connectivity index (χ2n) is 4.10. The third kappa shape index (κ3) is 4.58. The fourth-order valence-corrected chi connectivity index (χ4v) is 2.80. The number of sulfonamides is 1. The highest BCUT2D eigenvalue weighted by Gasteiger charge is 2.15. The van der Waals surface area contributed by atoms with Gasteiger partial charge in [0.1, 0.15) is 5.82 Å². The summed E-state index contributed by atoms with van der Waals surface area (Å²) in [6, 6.07) is 4.99. The van der Waals surface area contributed by atoms with Gasteiger partial charge in [-0.1, -0.05) is 17.7 Å². The molecule has 4 nitrogen and oxygen atoms in total. The number of halogens is 2. The summed E-state index contributed by atoms with van der Waals surface area (Å²) in [5.74, 6) is -0.557. The Balaban J connectivity index is 0.00000180. The minimum absolute atomic E-state index is 0. The molecular formula is C12H16ClFN2O2S. The van der Waals surface area contributed by atoms with Crippen molar-refractivity contribution in [1.82, 2.24) is 10.0 Å². The lowest BCUT2D eigenvalue weighted by atomic mass is 10.1. The minimum Gasteiger partial charge on any atom is -0.313 e. The van der Waals surface area contributed by atoms with Crippen molar-refractivity contribution >= 4 is 22.4 Å². The molecule has 1 aromatic carbocycles. The number of hydrogen-bond acceptors (Lipinski definition) is 3. The number of hydrogen-bond donors (Lipinski definition) is 2. The first-order chi connectivity index (χ1) is 8.58. The van der Waals surface area contributed by atoms with Crippen LogP contribution < -0.4 is 10.0 Å². The van der Waals surface area contributed by atoms with Gasteiger partial charge in [-0.05, 0) is 31.2 Å². The Labute approximate surface area is 118 Å². The Bertz CT molecular complexity index is 561. The number of rotatable bonds is 4. The van der Waals surface area contributed by atoms with E-state index in [-0.39, 0.29) is 23.8 Å². The van der Waals surface area contributed by atoms with Gasteiger partial charge in [0.15, 0.2) is 0 Å². The van der Waals surface area contributed by atoms with Crippen molar-refractivity contribution in [3.8, 4) is 0 Å². The van der Waals surface area contributed by atoms with Crippen LogP contribution in [0.25, 0.3) is 0 Å². The van der Waals surface area contributed by atoms with E-state index in [1.807, 2.05) is 6.08 Å². The van der Waals surface area contributed by atoms with Gasteiger partial charge in [-0.25, -0.2) is 17.5 Å². The summed E-state index contributed by atoms with van der Waals surface area (Å²) in [7, 11) is -3.63. The first-order valence-corrected chi connectivity index (χ1v) is 7.20. The largest absolute Gasteiger partial charge is 0.313 e. The Kier molecular flexibility index (Phi) is 5.93. The maximum absolute atomic E-state index is 13.0. The second-order valence-corrected chi connectivity index (χ2v) is 5.87. The fourth-order valence-electron chi connectivity index (χ4n) is 1.74. The van der Waals surface area contributed by atoms with Crippen LogP contribution >= 0.6 is 12.4 Å². The quantitative estimate of drug-likeness (QED) is 0.828. The highest BCUT2D eigenvalue weighted by molar-refractivity contribution is 7.89. The molecule has 2 N–H and O–H groups in total. The van der Waals surface area contributed by atoms with Crippen LogP contribution in [-0.2, 0) is 10.0 Å². The maximum Gasteiger partial charge on any atom is 0.240 e. The minimum atomic E-state index is -3.63. The molecule has 7 heteroatoms. The van der Waals surface area contributed by atoms with E-state index in [2.05, 4.69) is 10.0 Å². The first-order valence-electron chi connectivity index (χ1n) is 5.72. The summed E-state index contributed by atoms with van der Waals surface area (Å²) >= 11 is 0. The molecule has 0 bridgehead atoms. The second kappa shape index (κ2) is 7.00. The van der Waals surface area contributed by atoms with E-state index in [1.54, 1.807) is 0 Å². The predicted molar refractivity (Wildman–Crippen MR) is 74.4 cm³/mol. The van der Waals surface area contributed by atoms with Crippen LogP contribution in [0.1, 0.15) is 6.42 Å². The molecule has 0 saturated heterocycles. The molecule has 1 heterocycles. The van der Waals surface area contributed by atoms with Crippen LogP contribution in [0.3, 0.4) is 0 Å². The lowest BCUT2D eigenvalue weighted by molar-refractivity contribution is 0.578. The highest BCUT2D eigenvalue weighted by Crippen LogP contribution is 2.11. The fraction of sp³-hybridized carbons (Fsp3) is 0.333. The molecule has 1 aliphatic rings. The summed E-state index contributed by atoms with van der Waals surface area (Å²) in [4.78, 5) is -0.0444. The third-order valence-corrected chi connectivity index (χ3v) is 4.15. The molecule has 1 aromatic rings. The van der Waals surface area contributed by atoms with Crippen LogP contribution in [0.15, 0.2) is 40.8 Å². The lowest BCUT2D eigenvalue weighted by Crippen LogP contribution is -2.29. The van der Waals surface area contributed by atoms with E-state index in [4.69, 9.17) is 0 Å². The van der Waals surface area contributed by atoms with E-state index in [0.29, 0.717) is 0 Å². The molecule has 0 amide bonds. The van der Waals surface area contributed by atoms with Crippen LogP contribution in [0.2, 0.25) is 0 Å². The molecule has 0 unspecified atom stereocenters. The Morgan fingerprint density at radius 3 is 2.79 bits per heavy atom. The van der Waals surface area contributed by atoms with Gasteiger partial charge in [0.25, 0.3) is 0 Å². The molecule has 19 heavy (non-hydrogen) atoms. The van der Waals surface area contributed by atoms with Crippen molar-refractivity contribution in [3.05, 3.63) is 41.7 Å². The van der Waals surface area contributed by atoms with Gasteiger partial charge in [0.2, 0.25) is 10.0 Å². The van der Waals surface area contributed by atoms with Crippen LogP contribution in [0.5, 0.6) is 0 Å². The van der Waals surface area contributed by atoms with Gasteiger partial charge in [0.05, 0.1) is 4.90 Å². The van der Waals surface area contributed by atoms with E-state index >= 15 is 0 Å². The van der Waals surface area contributed by atoms with Crippen molar-refractivity contribution in [2.24, 2.45) is 0 Å². The monoisotopic (exact) mass is 306 g/mol. The lowest BCUT2D eigenvalue weighted by Gasteiger charge is -2.14. The van der Waals surface area contributed by atoms with Crippen molar-refractivity contribution in [3.63, 3.8) is 0 Å². The van der Waals surface area contributed by atoms with E-state index in [9.17, 15) is 12.8 Å². The Morgan fingerprint density at radius 1 is 1.37 bits per heavy atom. The summed E-state index contributed by atoms with van der Waals surface area (Å²) in [5.41, 5.74) is 1.05. The average Bonchev–Trinajstić information content (AvgIpc) is 2.38. The molecule has 0 aromatic heterocycles. The van der Waals surface area contributed by atoms with Crippen LogP contribution in [0, 0.1) is 5.82 Å². The standard InChI is InChI=1S/C12H15FN2O2S.ClH/c13-11-2-1-3-12(8-11)18(16,17)15-9-10-4-6-14-7-5-10;/h1-4,8,14-15H,5-7,9H2;1H. The molecule has 0 aliphatic carbocycles. The maximum atomic E-state index is 13.0. The molecule has 2 rings (SSSR count). The average molecular weight is 307 g/mol. The van der Waals surface area contributed by atoms with Crippen molar-refractivity contribution < 1.29 is 12.8 Å². The number of nitrogens with one attached hydrogen (secondary N) is 2. The zero-order chi connectivity index (χ0) is 13.0. The molecule has 0 atom stereocenters. The van der Waals surface area contributed by atoms with Gasteiger partial charge in [-0.15, -0.1) is 12.4 Å². The zero-order valence-corrected chi connectivity index (χ0v) is 11.9. The summed E-state index contributed by atoms with van der Waals surface area (Å²) in [5, 5.41) is 3.15. The molecule has 0 radical (unpaired) electrons. The predicted octanol–water partition coefficient (Wildman–Crippen LogP) is 1.45. The molecule has 0 fully saturated rings. The molecule has 0 saturated carbocycles. The molecule has 0 spiro atoms. The van der Waals surface area contributed by atoms with E-state index < -0.39 is 15.8 Å². The van der Waals surface area contributed by atoms with Crippen molar-refractivity contribution in [1.29, 1.82) is 0 Å². The topological polar surface area (TPSA) is 58.2 Å². The van der Waals surface area contributed by atoms with E-state index in [0.717, 1.165) is 31.1 Å². The normalized spacial score (nSPS) is 15.5. The van der Waals surface area contributed by atoms with E-state index in [1.165, 1.54) is 18.2 Å². The number of benzene rings is 1. The Morgan fingerprint density at radius 2 is 2.16 bits per heavy atom. The van der Waals surface area contributed by atoms with Gasteiger partial charge >= 0.3 is 0 Å². The smallest absolute Gasteiger partial charge is 0.240 e. The van der Waals surface area contributed by atoms with Crippen molar-refractivity contribution in [2.75, 3.05) is 19.6 Å². The molecule has 106 valence electrons. The zero-order valence-electron chi connectivity index (χ0n) is 10.2. The molecular weight excluding hydrogens is 291 g/mol. The van der Waals surface area contributed by atoms with Gasteiger partial charge in [-0.2, -0.15) is 0 Å². The van der Waals surface area contributed by atoms with Gasteiger partial charge < -0.3 is 5.32 Å². The third-order valence-electron chi connectivity index (χ3n) is 2.75.